The number of rotatable bonds is 4. The van der Waals surface area contributed by atoms with Crippen LogP contribution in [0.1, 0.15) is 23.4 Å². The van der Waals surface area contributed by atoms with Crippen LogP contribution >= 0.6 is 11.3 Å². The molecule has 4 heterocycles. The Morgan fingerprint density at radius 2 is 2.21 bits per heavy atom. The number of carboxylic acids is 1. The Hall–Kier alpha value is -1.02. The van der Waals surface area contributed by atoms with Gasteiger partial charge in [0.2, 0.25) is 0 Å². The van der Waals surface area contributed by atoms with Gasteiger partial charge in [0.25, 0.3) is 0 Å². The fraction of sp³-hybridized carbons (Fsp3) is 0.765. The number of ether oxygens (including phenoxy) is 1. The first-order chi connectivity index (χ1) is 11.6. The highest BCUT2D eigenvalue weighted by Crippen LogP contribution is 2.44. The van der Waals surface area contributed by atoms with E-state index in [1.54, 1.807) is 11.3 Å². The average molecular weight is 351 g/mol. The van der Waals surface area contributed by atoms with E-state index >= 15 is 0 Å². The van der Waals surface area contributed by atoms with E-state index in [0.717, 1.165) is 51.4 Å². The van der Waals surface area contributed by atoms with E-state index in [2.05, 4.69) is 14.8 Å². The van der Waals surface area contributed by atoms with Crippen LogP contribution in [0.5, 0.6) is 0 Å². The van der Waals surface area contributed by atoms with Crippen LogP contribution in [0.25, 0.3) is 0 Å². The van der Waals surface area contributed by atoms with Crippen LogP contribution in [0.3, 0.4) is 0 Å². The Bertz CT molecular complexity index is 616. The number of fused-ring (bicyclic) bond motifs is 1. The lowest BCUT2D eigenvalue weighted by atomic mass is 9.81. The minimum atomic E-state index is -0.620. The molecule has 0 radical (unpaired) electrons. The van der Waals surface area contributed by atoms with Gasteiger partial charge < -0.3 is 9.84 Å². The molecule has 2 atom stereocenters. The van der Waals surface area contributed by atoms with Gasteiger partial charge >= 0.3 is 5.97 Å². The normalized spacial score (nSPS) is 32.3. The van der Waals surface area contributed by atoms with Crippen molar-refractivity contribution in [1.29, 1.82) is 0 Å². The van der Waals surface area contributed by atoms with Gasteiger partial charge in [-0.05, 0) is 19.8 Å². The maximum Gasteiger partial charge on any atom is 0.312 e. The Kier molecular flexibility index (Phi) is 4.36. The van der Waals surface area contributed by atoms with Crippen LogP contribution in [-0.2, 0) is 16.1 Å². The first kappa shape index (κ1) is 16.4. The Balaban J connectivity index is 1.47. The molecule has 1 unspecified atom stereocenters. The van der Waals surface area contributed by atoms with Crippen molar-refractivity contribution < 1.29 is 14.6 Å². The molecule has 0 bridgehead atoms. The number of aryl methyl sites for hydroxylation is 1. The summed E-state index contributed by atoms with van der Waals surface area (Å²) in [5.41, 5.74) is 2.35. The Morgan fingerprint density at radius 3 is 2.83 bits per heavy atom. The largest absolute Gasteiger partial charge is 0.481 e. The minimum Gasteiger partial charge on any atom is -0.481 e. The van der Waals surface area contributed by atoms with Gasteiger partial charge in [-0.3, -0.25) is 14.6 Å². The lowest BCUT2D eigenvalue weighted by Gasteiger charge is -2.33. The first-order valence-electron chi connectivity index (χ1n) is 8.75. The molecule has 3 saturated heterocycles. The molecule has 6 nitrogen and oxygen atoms in total. The SMILES string of the molecule is Cc1ncsc1CN1CC2CN(C3CCOCC3)C[C@@]2(C(=O)O)C1. The highest BCUT2D eigenvalue weighted by atomic mass is 32.1. The van der Waals surface area contributed by atoms with E-state index in [1.165, 1.54) is 4.88 Å². The van der Waals surface area contributed by atoms with E-state index < -0.39 is 11.4 Å². The van der Waals surface area contributed by atoms with Crippen molar-refractivity contribution in [3.63, 3.8) is 0 Å². The molecule has 1 aromatic heterocycles. The highest BCUT2D eigenvalue weighted by Gasteiger charge is 2.58. The number of aliphatic carboxylic acids is 1. The second-order valence-corrected chi connectivity index (χ2v) is 8.40. The molecule has 7 heteroatoms. The third-order valence-electron chi connectivity index (χ3n) is 6.05. The Labute approximate surface area is 146 Å². The number of carboxylic acid groups (broad SMARTS) is 1. The lowest BCUT2D eigenvalue weighted by molar-refractivity contribution is -0.149. The van der Waals surface area contributed by atoms with Gasteiger partial charge in [-0.15, -0.1) is 11.3 Å². The molecule has 1 N–H and O–H groups in total. The predicted molar refractivity (Wildman–Crippen MR) is 91.1 cm³/mol. The number of hydrogen-bond donors (Lipinski definition) is 1. The summed E-state index contributed by atoms with van der Waals surface area (Å²) in [5, 5.41) is 10.0. The summed E-state index contributed by atoms with van der Waals surface area (Å²) in [6.07, 6.45) is 2.07. The smallest absolute Gasteiger partial charge is 0.312 e. The van der Waals surface area contributed by atoms with E-state index in [4.69, 9.17) is 4.74 Å². The summed E-state index contributed by atoms with van der Waals surface area (Å²) in [5.74, 6) is -0.392. The maximum atomic E-state index is 12.2. The first-order valence-corrected chi connectivity index (χ1v) is 9.63. The number of aromatic nitrogens is 1. The molecule has 0 spiro atoms. The fourth-order valence-electron chi connectivity index (χ4n) is 4.64. The van der Waals surface area contributed by atoms with Gasteiger partial charge in [0, 0.05) is 62.8 Å². The Morgan fingerprint density at radius 1 is 1.42 bits per heavy atom. The summed E-state index contributed by atoms with van der Waals surface area (Å²) in [4.78, 5) is 22.5. The van der Waals surface area contributed by atoms with E-state index in [1.807, 2.05) is 12.4 Å². The molecule has 3 aliphatic rings. The van der Waals surface area contributed by atoms with Crippen molar-refractivity contribution in [1.82, 2.24) is 14.8 Å². The summed E-state index contributed by atoms with van der Waals surface area (Å²) in [7, 11) is 0. The molecule has 3 fully saturated rings. The molecule has 3 aliphatic heterocycles. The molecule has 24 heavy (non-hydrogen) atoms. The van der Waals surface area contributed by atoms with E-state index in [-0.39, 0.29) is 5.92 Å². The number of likely N-dealkylation sites (tertiary alicyclic amines) is 2. The molecule has 1 aromatic rings. The zero-order valence-corrected chi connectivity index (χ0v) is 14.9. The number of carbonyl (C=O) groups is 1. The zero-order chi connectivity index (χ0) is 16.7. The highest BCUT2D eigenvalue weighted by molar-refractivity contribution is 7.09. The van der Waals surface area contributed by atoms with Gasteiger partial charge in [-0.1, -0.05) is 0 Å². The minimum absolute atomic E-state index is 0.228. The van der Waals surface area contributed by atoms with Crippen molar-refractivity contribution in [2.24, 2.45) is 11.3 Å². The second-order valence-electron chi connectivity index (χ2n) is 7.46. The molecule has 0 aliphatic carbocycles. The molecule has 4 rings (SSSR count). The topological polar surface area (TPSA) is 65.9 Å². The van der Waals surface area contributed by atoms with Gasteiger partial charge in [-0.2, -0.15) is 0 Å². The molecule has 132 valence electrons. The molecule has 0 aromatic carbocycles. The second kappa shape index (κ2) is 6.37. The predicted octanol–water partition coefficient (Wildman–Crippen LogP) is 1.45. The number of thiazole rings is 1. The third kappa shape index (κ3) is 2.77. The van der Waals surface area contributed by atoms with Gasteiger partial charge in [0.1, 0.15) is 0 Å². The molecule has 0 saturated carbocycles. The molecular formula is C17H25N3O3S. The van der Waals surface area contributed by atoms with E-state index in [0.29, 0.717) is 19.1 Å². The molecule has 0 amide bonds. The maximum absolute atomic E-state index is 12.2. The van der Waals surface area contributed by atoms with Crippen LogP contribution in [0, 0.1) is 18.3 Å². The van der Waals surface area contributed by atoms with Crippen LogP contribution in [0.2, 0.25) is 0 Å². The standard InChI is InChI=1S/C17H25N3O3S/c1-12-15(24-11-18-12)8-19-6-13-7-20(14-2-4-23-5-3-14)10-17(13,9-19)16(21)22/h11,13-14H,2-10H2,1H3,(H,21,22)/t13?,17-/m0/s1. The quantitative estimate of drug-likeness (QED) is 0.886. The van der Waals surface area contributed by atoms with Crippen molar-refractivity contribution in [2.45, 2.75) is 32.4 Å². The van der Waals surface area contributed by atoms with Crippen molar-refractivity contribution >= 4 is 17.3 Å². The van der Waals surface area contributed by atoms with Gasteiger partial charge in [0.05, 0.1) is 16.6 Å². The van der Waals surface area contributed by atoms with Crippen molar-refractivity contribution in [3.8, 4) is 0 Å². The van der Waals surface area contributed by atoms with Crippen LogP contribution < -0.4 is 0 Å². The van der Waals surface area contributed by atoms with Crippen LogP contribution in [0.15, 0.2) is 5.51 Å². The molecular weight excluding hydrogens is 326 g/mol. The summed E-state index contributed by atoms with van der Waals surface area (Å²) in [6, 6.07) is 0.498. The van der Waals surface area contributed by atoms with Crippen LogP contribution in [-0.4, -0.2) is 71.3 Å². The van der Waals surface area contributed by atoms with Gasteiger partial charge in [0.15, 0.2) is 0 Å². The van der Waals surface area contributed by atoms with Crippen LogP contribution in [0.4, 0.5) is 0 Å². The monoisotopic (exact) mass is 351 g/mol. The third-order valence-corrected chi connectivity index (χ3v) is 6.97. The van der Waals surface area contributed by atoms with Gasteiger partial charge in [-0.25, -0.2) is 4.98 Å². The number of hydrogen-bond acceptors (Lipinski definition) is 6. The van der Waals surface area contributed by atoms with Crippen molar-refractivity contribution in [3.05, 3.63) is 16.1 Å². The lowest BCUT2D eigenvalue weighted by Crippen LogP contribution is -2.44. The fourth-order valence-corrected chi connectivity index (χ4v) is 5.46. The average Bonchev–Trinajstić information content (AvgIpc) is 3.22. The zero-order valence-electron chi connectivity index (χ0n) is 14.1. The summed E-state index contributed by atoms with van der Waals surface area (Å²) < 4.78 is 5.46. The van der Waals surface area contributed by atoms with E-state index in [9.17, 15) is 9.90 Å². The summed E-state index contributed by atoms with van der Waals surface area (Å²) in [6.45, 7) is 7.62. The summed E-state index contributed by atoms with van der Waals surface area (Å²) >= 11 is 1.67. The van der Waals surface area contributed by atoms with Crippen molar-refractivity contribution in [2.75, 3.05) is 39.4 Å². The number of nitrogens with zero attached hydrogens (tertiary/aromatic N) is 3.